The van der Waals surface area contributed by atoms with E-state index < -0.39 is 5.92 Å². The van der Waals surface area contributed by atoms with Crippen LogP contribution in [0.1, 0.15) is 28.5 Å². The number of aromatic nitrogens is 1. The zero-order chi connectivity index (χ0) is 23.5. The molecule has 0 radical (unpaired) electrons. The second-order valence-electron chi connectivity index (χ2n) is 8.71. The molecule has 2 saturated heterocycles. The molecule has 5 rings (SSSR count). The number of benzene rings is 1. The molecule has 7 nitrogen and oxygen atoms in total. The van der Waals surface area contributed by atoms with Crippen LogP contribution >= 0.6 is 11.3 Å². The zero-order valence-electron chi connectivity index (χ0n) is 19.1. The van der Waals surface area contributed by atoms with E-state index in [-0.39, 0.29) is 24.3 Å². The zero-order valence-corrected chi connectivity index (χ0v) is 20.0. The van der Waals surface area contributed by atoms with E-state index in [9.17, 15) is 9.59 Å². The number of nitrogens with zero attached hydrogens (tertiary/aromatic N) is 3. The first-order valence-corrected chi connectivity index (χ1v) is 12.5. The lowest BCUT2D eigenvalue weighted by atomic mass is 9.97. The Morgan fingerprint density at radius 1 is 1.15 bits per heavy atom. The molecule has 8 heteroatoms. The molecule has 2 aliphatic rings. The maximum absolute atomic E-state index is 13.3. The van der Waals surface area contributed by atoms with Gasteiger partial charge in [-0.15, -0.1) is 11.3 Å². The molecular weight excluding hydrogens is 448 g/mol. The Kier molecular flexibility index (Phi) is 6.60. The molecule has 4 heterocycles. The molecule has 1 aromatic carbocycles. The highest BCUT2D eigenvalue weighted by molar-refractivity contribution is 7.10. The number of ether oxygens (including phenoxy) is 1. The standard InChI is InChI=1S/C26H28N4O3S/c1-18-4-7-20(8-5-18)30-24(31)15-21(25(30)22-3-2-14-34-22)26(32)28-17-19-6-9-23(27-16-19)29-10-12-33-13-11-29/h2-9,14,16,21,25H,10-13,15,17H2,1H3,(H,28,32)/t21-,25+/m0/s1. The predicted molar refractivity (Wildman–Crippen MR) is 133 cm³/mol. The van der Waals surface area contributed by atoms with Crippen LogP contribution in [0.5, 0.6) is 0 Å². The van der Waals surface area contributed by atoms with Crippen molar-refractivity contribution in [2.45, 2.75) is 25.9 Å². The number of hydrogen-bond donors (Lipinski definition) is 1. The van der Waals surface area contributed by atoms with E-state index in [0.29, 0.717) is 19.8 Å². The summed E-state index contributed by atoms with van der Waals surface area (Å²) in [7, 11) is 0. The van der Waals surface area contributed by atoms with Crippen molar-refractivity contribution in [2.24, 2.45) is 5.92 Å². The summed E-state index contributed by atoms with van der Waals surface area (Å²) in [4.78, 5) is 35.9. The van der Waals surface area contributed by atoms with E-state index in [2.05, 4.69) is 15.2 Å². The summed E-state index contributed by atoms with van der Waals surface area (Å²) < 4.78 is 5.40. The molecule has 0 bridgehead atoms. The Labute approximate surface area is 203 Å². The highest BCUT2D eigenvalue weighted by atomic mass is 32.1. The molecule has 0 saturated carbocycles. The van der Waals surface area contributed by atoms with Gasteiger partial charge in [0.2, 0.25) is 11.8 Å². The highest BCUT2D eigenvalue weighted by Gasteiger charge is 2.45. The fourth-order valence-electron chi connectivity index (χ4n) is 4.59. The van der Waals surface area contributed by atoms with Gasteiger partial charge in [-0.1, -0.05) is 29.8 Å². The van der Waals surface area contributed by atoms with Gasteiger partial charge in [0.05, 0.1) is 25.2 Å². The van der Waals surface area contributed by atoms with E-state index in [0.717, 1.165) is 40.6 Å². The number of hydrogen-bond acceptors (Lipinski definition) is 6. The Morgan fingerprint density at radius 2 is 1.94 bits per heavy atom. The fourth-order valence-corrected chi connectivity index (χ4v) is 5.47. The van der Waals surface area contributed by atoms with Crippen molar-refractivity contribution in [2.75, 3.05) is 36.1 Å². The minimum Gasteiger partial charge on any atom is -0.378 e. The number of carbonyl (C=O) groups excluding carboxylic acids is 2. The first-order chi connectivity index (χ1) is 16.6. The quantitative estimate of drug-likeness (QED) is 0.587. The molecule has 0 spiro atoms. The van der Waals surface area contributed by atoms with Gasteiger partial charge in [0.25, 0.3) is 0 Å². The first-order valence-electron chi connectivity index (χ1n) is 11.6. The van der Waals surface area contributed by atoms with Gasteiger partial charge >= 0.3 is 0 Å². The molecular formula is C26H28N4O3S. The smallest absolute Gasteiger partial charge is 0.228 e. The lowest BCUT2D eigenvalue weighted by Crippen LogP contribution is -2.36. The van der Waals surface area contributed by atoms with Crippen LogP contribution in [0.4, 0.5) is 11.5 Å². The SMILES string of the molecule is Cc1ccc(N2C(=O)C[C@H](C(=O)NCc3ccc(N4CCOCC4)nc3)[C@@H]2c2cccs2)cc1. The summed E-state index contributed by atoms with van der Waals surface area (Å²) in [6.07, 6.45) is 2.00. The van der Waals surface area contributed by atoms with Crippen molar-refractivity contribution < 1.29 is 14.3 Å². The highest BCUT2D eigenvalue weighted by Crippen LogP contribution is 2.43. The van der Waals surface area contributed by atoms with Crippen LogP contribution in [0.3, 0.4) is 0 Å². The summed E-state index contributed by atoms with van der Waals surface area (Å²) in [6, 6.07) is 15.5. The molecule has 1 N–H and O–H groups in total. The molecule has 2 amide bonds. The van der Waals surface area contributed by atoms with Crippen molar-refractivity contribution >= 4 is 34.7 Å². The van der Waals surface area contributed by atoms with E-state index >= 15 is 0 Å². The van der Waals surface area contributed by atoms with Crippen LogP contribution in [0.2, 0.25) is 0 Å². The molecule has 176 valence electrons. The minimum absolute atomic E-state index is 0.0288. The maximum Gasteiger partial charge on any atom is 0.228 e. The molecule has 2 aliphatic heterocycles. The molecule has 2 atom stereocenters. The number of pyridine rings is 1. The third-order valence-corrected chi connectivity index (χ3v) is 7.36. The first kappa shape index (κ1) is 22.6. The average molecular weight is 477 g/mol. The number of thiophene rings is 1. The second kappa shape index (κ2) is 9.95. The summed E-state index contributed by atoms with van der Waals surface area (Å²) >= 11 is 1.58. The topological polar surface area (TPSA) is 74.8 Å². The van der Waals surface area contributed by atoms with Crippen molar-refractivity contribution in [3.63, 3.8) is 0 Å². The molecule has 0 aliphatic carbocycles. The Balaban J connectivity index is 1.29. The van der Waals surface area contributed by atoms with Crippen LogP contribution in [-0.4, -0.2) is 43.1 Å². The number of morpholine rings is 1. The number of aryl methyl sites for hydroxylation is 1. The van der Waals surface area contributed by atoms with Gasteiger partial charge in [-0.05, 0) is 42.1 Å². The van der Waals surface area contributed by atoms with Gasteiger partial charge in [-0.3, -0.25) is 9.59 Å². The van der Waals surface area contributed by atoms with Gasteiger partial charge in [0.1, 0.15) is 5.82 Å². The third kappa shape index (κ3) is 4.69. The van der Waals surface area contributed by atoms with Crippen LogP contribution < -0.4 is 15.1 Å². The van der Waals surface area contributed by atoms with Crippen LogP contribution in [0.15, 0.2) is 60.1 Å². The van der Waals surface area contributed by atoms with Crippen molar-refractivity contribution in [1.82, 2.24) is 10.3 Å². The lowest BCUT2D eigenvalue weighted by Gasteiger charge is -2.28. The molecule has 3 aromatic rings. The number of amides is 2. The monoisotopic (exact) mass is 476 g/mol. The number of nitrogens with one attached hydrogen (secondary N) is 1. The summed E-state index contributed by atoms with van der Waals surface area (Å²) in [5, 5.41) is 5.03. The summed E-state index contributed by atoms with van der Waals surface area (Å²) in [6.45, 7) is 5.49. The number of carbonyl (C=O) groups is 2. The van der Waals surface area contributed by atoms with Crippen LogP contribution in [0.25, 0.3) is 0 Å². The van der Waals surface area contributed by atoms with Crippen LogP contribution in [0, 0.1) is 12.8 Å². The van der Waals surface area contributed by atoms with Gasteiger partial charge in [0, 0.05) is 42.8 Å². The van der Waals surface area contributed by atoms with E-state index in [4.69, 9.17) is 4.74 Å². The van der Waals surface area contributed by atoms with Crippen molar-refractivity contribution in [3.8, 4) is 0 Å². The molecule has 2 fully saturated rings. The van der Waals surface area contributed by atoms with Gasteiger partial charge in [-0.25, -0.2) is 4.98 Å². The van der Waals surface area contributed by atoms with Gasteiger partial charge in [0.15, 0.2) is 0 Å². The minimum atomic E-state index is -0.451. The van der Waals surface area contributed by atoms with Gasteiger partial charge in [-0.2, -0.15) is 0 Å². The number of rotatable bonds is 6. The Bertz CT molecular complexity index is 1130. The third-order valence-electron chi connectivity index (χ3n) is 6.42. The second-order valence-corrected chi connectivity index (χ2v) is 9.69. The summed E-state index contributed by atoms with van der Waals surface area (Å²) in [5.41, 5.74) is 2.88. The van der Waals surface area contributed by atoms with Crippen molar-refractivity contribution in [3.05, 3.63) is 76.1 Å². The van der Waals surface area contributed by atoms with Gasteiger partial charge < -0.3 is 19.9 Å². The fraction of sp³-hybridized carbons (Fsp3) is 0.346. The average Bonchev–Trinajstić information content (AvgIpc) is 3.52. The van der Waals surface area contributed by atoms with E-state index in [1.165, 1.54) is 0 Å². The normalized spacial score (nSPS) is 20.6. The largest absolute Gasteiger partial charge is 0.378 e. The van der Waals surface area contributed by atoms with E-state index in [1.54, 1.807) is 22.4 Å². The summed E-state index contributed by atoms with van der Waals surface area (Å²) in [5.74, 6) is 0.330. The molecule has 34 heavy (non-hydrogen) atoms. The van der Waals surface area contributed by atoms with E-state index in [1.807, 2.05) is 60.8 Å². The Morgan fingerprint density at radius 3 is 2.62 bits per heavy atom. The van der Waals surface area contributed by atoms with Crippen LogP contribution in [-0.2, 0) is 20.9 Å². The maximum atomic E-state index is 13.3. The Hall–Kier alpha value is -3.23. The molecule has 0 unspecified atom stereocenters. The van der Waals surface area contributed by atoms with Crippen molar-refractivity contribution in [1.29, 1.82) is 0 Å². The number of anilines is 2. The lowest BCUT2D eigenvalue weighted by molar-refractivity contribution is -0.126. The predicted octanol–water partition coefficient (Wildman–Crippen LogP) is 3.70. The molecule has 2 aromatic heterocycles.